The van der Waals surface area contributed by atoms with Gasteiger partial charge in [-0.1, -0.05) is 60.1 Å². The van der Waals surface area contributed by atoms with Crippen LogP contribution < -0.4 is 10.1 Å². The highest BCUT2D eigenvalue weighted by Gasteiger charge is 2.40. The number of sulfonamides is 1. The molecule has 1 amide bonds. The van der Waals surface area contributed by atoms with Gasteiger partial charge in [0, 0.05) is 35.5 Å². The van der Waals surface area contributed by atoms with Gasteiger partial charge in [0.25, 0.3) is 0 Å². The largest absolute Gasteiger partial charge is 0.487 e. The van der Waals surface area contributed by atoms with Gasteiger partial charge in [0.1, 0.15) is 11.4 Å². The SMILES string of the molecule is CCC1(CC)C[C@@H](NC(=O)C2CCN(S(=O)(=O)Cc3cccc(Br)c3)CC2)c2ccccc2O1. The molecule has 0 saturated carbocycles. The lowest BCUT2D eigenvalue weighted by atomic mass is 9.83. The van der Waals surface area contributed by atoms with Crippen molar-refractivity contribution in [1.82, 2.24) is 9.62 Å². The monoisotopic (exact) mass is 548 g/mol. The normalized spacial score (nSPS) is 20.9. The van der Waals surface area contributed by atoms with Crippen LogP contribution in [0.2, 0.25) is 0 Å². The van der Waals surface area contributed by atoms with Gasteiger partial charge in [-0.05, 0) is 49.4 Å². The Labute approximate surface area is 211 Å². The number of nitrogens with zero attached hydrogens (tertiary/aromatic N) is 1. The van der Waals surface area contributed by atoms with Crippen LogP contribution in [0, 0.1) is 5.92 Å². The summed E-state index contributed by atoms with van der Waals surface area (Å²) in [4.78, 5) is 13.2. The Morgan fingerprint density at radius 1 is 1.12 bits per heavy atom. The standard InChI is InChI=1S/C26H33BrN2O4S/c1-3-26(4-2)17-23(22-10-5-6-11-24(22)33-26)28-25(30)20-12-14-29(15-13-20)34(31,32)18-19-8-7-9-21(27)16-19/h5-11,16,20,23H,3-4,12-15,17-18H2,1-2H3,(H,28,30)/t23-/m1/s1. The van der Waals surface area contributed by atoms with Gasteiger partial charge in [-0.25, -0.2) is 12.7 Å². The quantitative estimate of drug-likeness (QED) is 0.516. The molecule has 1 atom stereocenters. The highest BCUT2D eigenvalue weighted by molar-refractivity contribution is 9.10. The number of piperidine rings is 1. The minimum Gasteiger partial charge on any atom is -0.487 e. The lowest BCUT2D eigenvalue weighted by Crippen LogP contribution is -2.47. The Hall–Kier alpha value is -1.90. The first-order valence-electron chi connectivity index (χ1n) is 12.1. The predicted molar refractivity (Wildman–Crippen MR) is 137 cm³/mol. The van der Waals surface area contributed by atoms with Crippen LogP contribution in [0.25, 0.3) is 0 Å². The molecule has 184 valence electrons. The molecule has 2 aliphatic heterocycles. The highest BCUT2D eigenvalue weighted by atomic mass is 79.9. The number of halogens is 1. The Morgan fingerprint density at radius 2 is 1.82 bits per heavy atom. The number of carbonyl (C=O) groups excluding carboxylic acids is 1. The van der Waals surface area contributed by atoms with Crippen LogP contribution in [0.1, 0.15) is 63.1 Å². The average molecular weight is 550 g/mol. The second-order valence-electron chi connectivity index (χ2n) is 9.35. The minimum absolute atomic E-state index is 0.00634. The zero-order chi connectivity index (χ0) is 24.3. The van der Waals surface area contributed by atoms with E-state index < -0.39 is 10.0 Å². The van der Waals surface area contributed by atoms with Gasteiger partial charge < -0.3 is 10.1 Å². The second kappa shape index (κ2) is 10.4. The number of hydrogen-bond donors (Lipinski definition) is 1. The number of carbonyl (C=O) groups is 1. The number of ether oxygens (including phenoxy) is 1. The van der Waals surface area contributed by atoms with Gasteiger partial charge in [-0.15, -0.1) is 0 Å². The zero-order valence-corrected chi connectivity index (χ0v) is 22.2. The maximum Gasteiger partial charge on any atom is 0.223 e. The van der Waals surface area contributed by atoms with Crippen molar-refractivity contribution in [2.75, 3.05) is 13.1 Å². The molecule has 0 aromatic heterocycles. The Kier molecular flexibility index (Phi) is 7.69. The smallest absolute Gasteiger partial charge is 0.223 e. The number of amides is 1. The molecule has 0 spiro atoms. The number of nitrogens with one attached hydrogen (secondary N) is 1. The van der Waals surface area contributed by atoms with Crippen LogP contribution in [0.4, 0.5) is 0 Å². The van der Waals surface area contributed by atoms with E-state index >= 15 is 0 Å². The van der Waals surface area contributed by atoms with Crippen molar-refractivity contribution in [2.24, 2.45) is 5.92 Å². The number of hydrogen-bond acceptors (Lipinski definition) is 4. The summed E-state index contributed by atoms with van der Waals surface area (Å²) in [5.41, 5.74) is 1.49. The van der Waals surface area contributed by atoms with Gasteiger partial charge in [-0.2, -0.15) is 0 Å². The van der Waals surface area contributed by atoms with E-state index in [4.69, 9.17) is 4.74 Å². The summed E-state index contributed by atoms with van der Waals surface area (Å²) in [7, 11) is -3.43. The van der Waals surface area contributed by atoms with E-state index in [0.29, 0.717) is 25.9 Å². The molecular formula is C26H33BrN2O4S. The van der Waals surface area contributed by atoms with Crippen LogP contribution in [-0.2, 0) is 20.6 Å². The summed E-state index contributed by atoms with van der Waals surface area (Å²) in [5.74, 6) is 0.631. The van der Waals surface area contributed by atoms with Crippen LogP contribution in [0.15, 0.2) is 53.0 Å². The summed E-state index contributed by atoms with van der Waals surface area (Å²) in [6.45, 7) is 4.99. The first-order chi connectivity index (χ1) is 16.2. The summed E-state index contributed by atoms with van der Waals surface area (Å²) in [5, 5.41) is 3.28. The number of rotatable bonds is 7. The van der Waals surface area contributed by atoms with E-state index in [-0.39, 0.29) is 29.2 Å². The van der Waals surface area contributed by atoms with E-state index in [2.05, 4.69) is 35.1 Å². The number of para-hydroxylation sites is 1. The zero-order valence-electron chi connectivity index (χ0n) is 19.8. The Balaban J connectivity index is 1.39. The third-order valence-electron chi connectivity index (χ3n) is 7.26. The summed E-state index contributed by atoms with van der Waals surface area (Å²) < 4.78 is 34.6. The molecule has 4 rings (SSSR count). The number of benzene rings is 2. The maximum absolute atomic E-state index is 13.2. The van der Waals surface area contributed by atoms with Crippen molar-refractivity contribution in [1.29, 1.82) is 0 Å². The van der Waals surface area contributed by atoms with E-state index in [0.717, 1.165) is 40.6 Å². The summed E-state index contributed by atoms with van der Waals surface area (Å²) in [6.07, 6.45) is 3.54. The Bertz CT molecular complexity index is 1130. The molecule has 6 nitrogen and oxygen atoms in total. The summed E-state index contributed by atoms with van der Waals surface area (Å²) >= 11 is 3.40. The molecule has 0 aliphatic carbocycles. The molecule has 0 radical (unpaired) electrons. The van der Waals surface area contributed by atoms with E-state index in [9.17, 15) is 13.2 Å². The third kappa shape index (κ3) is 5.50. The molecule has 2 aliphatic rings. The van der Waals surface area contributed by atoms with Crippen molar-refractivity contribution in [3.63, 3.8) is 0 Å². The molecule has 1 N–H and O–H groups in total. The molecule has 2 aromatic carbocycles. The van der Waals surface area contributed by atoms with Crippen LogP contribution in [0.3, 0.4) is 0 Å². The molecule has 2 heterocycles. The number of fused-ring (bicyclic) bond motifs is 1. The molecule has 2 aromatic rings. The second-order valence-corrected chi connectivity index (χ2v) is 12.2. The van der Waals surface area contributed by atoms with E-state index in [1.165, 1.54) is 4.31 Å². The fourth-order valence-corrected chi connectivity index (χ4v) is 7.04. The Morgan fingerprint density at radius 3 is 2.50 bits per heavy atom. The van der Waals surface area contributed by atoms with Crippen LogP contribution >= 0.6 is 15.9 Å². The summed E-state index contributed by atoms with van der Waals surface area (Å²) in [6, 6.07) is 15.2. The average Bonchev–Trinajstić information content (AvgIpc) is 2.83. The van der Waals surface area contributed by atoms with Gasteiger partial charge in [-0.3, -0.25) is 4.79 Å². The molecule has 8 heteroatoms. The topological polar surface area (TPSA) is 75.7 Å². The maximum atomic E-state index is 13.2. The molecule has 34 heavy (non-hydrogen) atoms. The molecule has 1 fully saturated rings. The lowest BCUT2D eigenvalue weighted by Gasteiger charge is -2.42. The van der Waals surface area contributed by atoms with E-state index in [1.807, 2.05) is 48.5 Å². The van der Waals surface area contributed by atoms with Crippen molar-refractivity contribution < 1.29 is 17.9 Å². The highest BCUT2D eigenvalue weighted by Crippen LogP contribution is 2.42. The fourth-order valence-electron chi connectivity index (χ4n) is 5.04. The molecule has 1 saturated heterocycles. The van der Waals surface area contributed by atoms with Crippen molar-refractivity contribution in [3.05, 3.63) is 64.1 Å². The van der Waals surface area contributed by atoms with Gasteiger partial charge >= 0.3 is 0 Å². The molecule has 0 unspecified atom stereocenters. The first kappa shape index (κ1) is 25.2. The van der Waals surface area contributed by atoms with Crippen LogP contribution in [0.5, 0.6) is 5.75 Å². The van der Waals surface area contributed by atoms with Gasteiger partial charge in [0.15, 0.2) is 0 Å². The van der Waals surface area contributed by atoms with Crippen molar-refractivity contribution in [2.45, 2.75) is 63.3 Å². The van der Waals surface area contributed by atoms with Gasteiger partial charge in [0.05, 0.1) is 11.8 Å². The fraction of sp³-hybridized carbons (Fsp3) is 0.500. The van der Waals surface area contributed by atoms with Crippen LogP contribution in [-0.4, -0.2) is 37.3 Å². The minimum atomic E-state index is -3.43. The molecular weight excluding hydrogens is 516 g/mol. The molecule has 0 bridgehead atoms. The van der Waals surface area contributed by atoms with Crippen molar-refractivity contribution in [3.8, 4) is 5.75 Å². The lowest BCUT2D eigenvalue weighted by molar-refractivity contribution is -0.127. The van der Waals surface area contributed by atoms with E-state index in [1.54, 1.807) is 0 Å². The predicted octanol–water partition coefficient (Wildman–Crippen LogP) is 5.19. The van der Waals surface area contributed by atoms with Gasteiger partial charge in [0.2, 0.25) is 15.9 Å². The van der Waals surface area contributed by atoms with Crippen molar-refractivity contribution >= 4 is 31.9 Å². The third-order valence-corrected chi connectivity index (χ3v) is 9.60. The first-order valence-corrected chi connectivity index (χ1v) is 14.5.